The summed E-state index contributed by atoms with van der Waals surface area (Å²) in [5.74, 6) is 1.34. The van der Waals surface area contributed by atoms with Crippen LogP contribution in [-0.2, 0) is 4.74 Å². The Bertz CT molecular complexity index is 862. The molecule has 2 aliphatic rings. The number of nitrogens with one attached hydrogen (secondary N) is 3. The van der Waals surface area contributed by atoms with Gasteiger partial charge in [-0.25, -0.2) is 0 Å². The van der Waals surface area contributed by atoms with Crippen molar-refractivity contribution in [1.82, 2.24) is 20.4 Å². The second-order valence-electron chi connectivity index (χ2n) is 7.40. The Kier molecular flexibility index (Phi) is 4.78. The summed E-state index contributed by atoms with van der Waals surface area (Å²) in [5.41, 5.74) is 2.60. The molecule has 1 saturated heterocycles. The highest BCUT2D eigenvalue weighted by atomic mass is 16.5. The first-order valence-corrected chi connectivity index (χ1v) is 9.62. The van der Waals surface area contributed by atoms with E-state index in [-0.39, 0.29) is 5.60 Å². The predicted octanol–water partition coefficient (Wildman–Crippen LogP) is 2.75. The van der Waals surface area contributed by atoms with E-state index in [9.17, 15) is 0 Å². The van der Waals surface area contributed by atoms with E-state index in [4.69, 9.17) is 14.9 Å². The third kappa shape index (κ3) is 3.93. The number of nitrogens with zero attached hydrogens (tertiary/aromatic N) is 2. The Balaban J connectivity index is 1.64. The molecule has 2 fully saturated rings. The number of aromatic amines is 1. The highest BCUT2D eigenvalue weighted by Gasteiger charge is 2.40. The lowest BCUT2D eigenvalue weighted by molar-refractivity contribution is 0.0681. The van der Waals surface area contributed by atoms with Crippen LogP contribution >= 0.6 is 0 Å². The van der Waals surface area contributed by atoms with Gasteiger partial charge in [0.2, 0.25) is 0 Å². The molecule has 0 atom stereocenters. The van der Waals surface area contributed by atoms with Crippen molar-refractivity contribution in [3.05, 3.63) is 30.0 Å². The van der Waals surface area contributed by atoms with Gasteiger partial charge in [-0.15, -0.1) is 0 Å². The zero-order valence-corrected chi connectivity index (χ0v) is 16.0. The minimum Gasteiger partial charge on any atom is -0.488 e. The van der Waals surface area contributed by atoms with Gasteiger partial charge in [0.25, 0.3) is 0 Å². The first-order chi connectivity index (χ1) is 13.1. The second-order valence-corrected chi connectivity index (χ2v) is 7.40. The van der Waals surface area contributed by atoms with Crippen LogP contribution in [0, 0.1) is 5.41 Å². The molecule has 1 aliphatic heterocycles. The maximum absolute atomic E-state index is 8.46. The molecular weight excluding hydrogens is 342 g/mol. The molecule has 1 aromatic carbocycles. The van der Waals surface area contributed by atoms with Gasteiger partial charge in [0.1, 0.15) is 22.9 Å². The van der Waals surface area contributed by atoms with Crippen molar-refractivity contribution >= 4 is 22.4 Å². The summed E-state index contributed by atoms with van der Waals surface area (Å²) in [6.07, 6.45) is 4.06. The monoisotopic (exact) mass is 369 g/mol. The molecule has 3 N–H and O–H groups in total. The number of hydrogen-bond donors (Lipinski definition) is 3. The molecule has 2 heterocycles. The Hall–Kier alpha value is -2.54. The molecule has 0 amide bonds. The van der Waals surface area contributed by atoms with Crippen LogP contribution in [0.2, 0.25) is 0 Å². The predicted molar refractivity (Wildman–Crippen MR) is 106 cm³/mol. The van der Waals surface area contributed by atoms with E-state index in [1.54, 1.807) is 0 Å². The first kappa shape index (κ1) is 17.9. The summed E-state index contributed by atoms with van der Waals surface area (Å²) in [7, 11) is 0. The molecule has 4 rings (SSSR count). The van der Waals surface area contributed by atoms with Crippen LogP contribution < -0.4 is 10.1 Å². The molecule has 1 saturated carbocycles. The maximum atomic E-state index is 8.46. The van der Waals surface area contributed by atoms with Crippen molar-refractivity contribution < 1.29 is 9.47 Å². The largest absolute Gasteiger partial charge is 0.488 e. The first-order valence-electron chi connectivity index (χ1n) is 9.62. The fourth-order valence-corrected chi connectivity index (χ4v) is 3.25. The Labute approximate surface area is 159 Å². The Morgan fingerprint density at radius 2 is 2.19 bits per heavy atom. The molecule has 7 nitrogen and oxygen atoms in total. The van der Waals surface area contributed by atoms with Crippen LogP contribution in [0.1, 0.15) is 32.4 Å². The summed E-state index contributed by atoms with van der Waals surface area (Å²) in [5, 5.41) is 20.4. The SMILES string of the molecule is CCNC(=CC(=N)N1CCOCC1)c1n[nH]c2ccc(OC3(C)CC3)cc12. The molecule has 2 aromatic rings. The summed E-state index contributed by atoms with van der Waals surface area (Å²) >= 11 is 0. The van der Waals surface area contributed by atoms with Crippen LogP contribution in [0.15, 0.2) is 24.3 Å². The van der Waals surface area contributed by atoms with Crippen LogP contribution in [0.3, 0.4) is 0 Å². The smallest absolute Gasteiger partial charge is 0.122 e. The average molecular weight is 369 g/mol. The van der Waals surface area contributed by atoms with Gasteiger partial charge >= 0.3 is 0 Å². The molecule has 0 spiro atoms. The van der Waals surface area contributed by atoms with Gasteiger partial charge in [0, 0.05) is 31.1 Å². The second kappa shape index (κ2) is 7.23. The third-order valence-corrected chi connectivity index (χ3v) is 5.11. The van der Waals surface area contributed by atoms with E-state index in [1.165, 1.54) is 0 Å². The van der Waals surface area contributed by atoms with Crippen LogP contribution in [-0.4, -0.2) is 59.4 Å². The number of rotatable bonds is 6. The van der Waals surface area contributed by atoms with Gasteiger partial charge in [-0.3, -0.25) is 10.5 Å². The van der Waals surface area contributed by atoms with Crippen molar-refractivity contribution in [3.63, 3.8) is 0 Å². The van der Waals surface area contributed by atoms with Crippen molar-refractivity contribution in [2.24, 2.45) is 0 Å². The van der Waals surface area contributed by atoms with Crippen LogP contribution in [0.25, 0.3) is 16.6 Å². The lowest BCUT2D eigenvalue weighted by Gasteiger charge is -2.28. The topological polar surface area (TPSA) is 86.3 Å². The Morgan fingerprint density at radius 1 is 1.41 bits per heavy atom. The fraction of sp³-hybridized carbons (Fsp3) is 0.500. The highest BCUT2D eigenvalue weighted by Crippen LogP contribution is 2.40. The lowest BCUT2D eigenvalue weighted by atomic mass is 10.1. The number of hydrogen-bond acceptors (Lipinski definition) is 5. The minimum atomic E-state index is -0.0175. The van der Waals surface area contributed by atoms with Crippen LogP contribution in [0.5, 0.6) is 5.75 Å². The maximum Gasteiger partial charge on any atom is 0.122 e. The lowest BCUT2D eigenvalue weighted by Crippen LogP contribution is -2.39. The zero-order chi connectivity index (χ0) is 18.9. The Morgan fingerprint density at radius 3 is 2.89 bits per heavy atom. The van der Waals surface area contributed by atoms with Gasteiger partial charge in [0.05, 0.1) is 24.4 Å². The molecule has 27 heavy (non-hydrogen) atoms. The molecule has 0 unspecified atom stereocenters. The van der Waals surface area contributed by atoms with E-state index < -0.39 is 0 Å². The quantitative estimate of drug-likeness (QED) is 0.538. The normalized spacial score (nSPS) is 19.2. The van der Waals surface area contributed by atoms with Crippen molar-refractivity contribution in [1.29, 1.82) is 5.41 Å². The molecule has 0 bridgehead atoms. The van der Waals surface area contributed by atoms with Crippen molar-refractivity contribution in [2.45, 2.75) is 32.3 Å². The summed E-state index contributed by atoms with van der Waals surface area (Å²) in [6, 6.07) is 6.03. The van der Waals surface area contributed by atoms with E-state index in [1.807, 2.05) is 36.1 Å². The number of benzene rings is 1. The van der Waals surface area contributed by atoms with Gasteiger partial charge in [-0.2, -0.15) is 5.10 Å². The molecule has 0 radical (unpaired) electrons. The molecule has 144 valence electrons. The number of morpholine rings is 1. The van der Waals surface area contributed by atoms with Crippen LogP contribution in [0.4, 0.5) is 0 Å². The summed E-state index contributed by atoms with van der Waals surface area (Å²) in [4.78, 5) is 2.03. The van der Waals surface area contributed by atoms with Crippen molar-refractivity contribution in [3.8, 4) is 5.75 Å². The highest BCUT2D eigenvalue weighted by molar-refractivity contribution is 6.00. The number of amidine groups is 1. The van der Waals surface area contributed by atoms with Gasteiger partial charge < -0.3 is 19.7 Å². The molecule has 1 aliphatic carbocycles. The van der Waals surface area contributed by atoms with E-state index >= 15 is 0 Å². The number of fused-ring (bicyclic) bond motifs is 1. The minimum absolute atomic E-state index is 0.0175. The molecular formula is C20H27N5O2. The van der Waals surface area contributed by atoms with Gasteiger partial charge in [-0.05, 0) is 44.9 Å². The zero-order valence-electron chi connectivity index (χ0n) is 16.0. The van der Waals surface area contributed by atoms with Gasteiger partial charge in [-0.1, -0.05) is 0 Å². The standard InChI is InChI=1S/C20H27N5O2/c1-3-22-17(13-18(21)25-8-10-26-11-9-25)19-15-12-14(27-20(2)6-7-20)4-5-16(15)23-24-19/h4-5,12-13,21-22H,3,6-11H2,1-2H3,(H,23,24). The fourth-order valence-electron chi connectivity index (χ4n) is 3.25. The molecule has 1 aromatic heterocycles. The summed E-state index contributed by atoms with van der Waals surface area (Å²) < 4.78 is 11.5. The molecule has 7 heteroatoms. The average Bonchev–Trinajstić information content (AvgIpc) is 3.25. The number of aromatic nitrogens is 2. The summed E-state index contributed by atoms with van der Waals surface area (Å²) in [6.45, 7) is 7.75. The van der Waals surface area contributed by atoms with Crippen molar-refractivity contribution in [2.75, 3.05) is 32.8 Å². The van der Waals surface area contributed by atoms with E-state index in [2.05, 4.69) is 22.4 Å². The number of ether oxygens (including phenoxy) is 2. The van der Waals surface area contributed by atoms with E-state index in [0.717, 1.165) is 60.5 Å². The third-order valence-electron chi connectivity index (χ3n) is 5.11. The number of H-pyrrole nitrogens is 1. The van der Waals surface area contributed by atoms with E-state index in [0.29, 0.717) is 19.0 Å². The van der Waals surface area contributed by atoms with Gasteiger partial charge in [0.15, 0.2) is 0 Å².